The molecule has 19 heavy (non-hydrogen) atoms. The second-order valence-corrected chi connectivity index (χ2v) is 5.69. The van der Waals surface area contributed by atoms with Gasteiger partial charge in [0.25, 0.3) is 0 Å². The minimum absolute atomic E-state index is 0.148. The Balaban J connectivity index is 2.40. The molecule has 5 nitrogen and oxygen atoms in total. The minimum Gasteiger partial charge on any atom is -0.481 e. The number of aliphatic carboxylic acids is 1. The van der Waals surface area contributed by atoms with Crippen molar-refractivity contribution >= 4 is 23.3 Å². The molecule has 0 fully saturated rings. The molecule has 0 aliphatic rings. The maximum atomic E-state index is 12.0. The van der Waals surface area contributed by atoms with E-state index in [0.717, 1.165) is 6.42 Å². The first-order valence-corrected chi connectivity index (χ1v) is 7.01. The summed E-state index contributed by atoms with van der Waals surface area (Å²) in [7, 11) is 3.36. The third kappa shape index (κ3) is 4.90. The lowest BCUT2D eigenvalue weighted by Gasteiger charge is -2.26. The van der Waals surface area contributed by atoms with Crippen LogP contribution in [-0.2, 0) is 11.2 Å². The van der Waals surface area contributed by atoms with Gasteiger partial charge in [0, 0.05) is 32.1 Å². The zero-order valence-corrected chi connectivity index (χ0v) is 12.3. The number of carbonyl (C=O) groups is 2. The van der Waals surface area contributed by atoms with E-state index in [0.29, 0.717) is 6.54 Å². The standard InChI is InChI=1S/C13H20N2O3S/c1-10(12(16)17)9-15(3)13(18)14(2)7-6-11-5-4-8-19-11/h4-5,8,10H,6-7,9H2,1-3H3,(H,16,17). The first-order chi connectivity index (χ1) is 8.91. The summed E-state index contributed by atoms with van der Waals surface area (Å²) in [5.41, 5.74) is 0. The molecule has 1 aromatic heterocycles. The van der Waals surface area contributed by atoms with Gasteiger partial charge in [-0.2, -0.15) is 0 Å². The molecule has 2 amide bonds. The molecule has 1 rings (SSSR count). The van der Waals surface area contributed by atoms with Crippen LogP contribution in [0.2, 0.25) is 0 Å². The molecular formula is C13H20N2O3S. The number of nitrogens with zero attached hydrogens (tertiary/aromatic N) is 2. The number of carboxylic acid groups (broad SMARTS) is 1. The van der Waals surface area contributed by atoms with E-state index in [2.05, 4.69) is 0 Å². The fourth-order valence-corrected chi connectivity index (χ4v) is 2.38. The van der Waals surface area contributed by atoms with Crippen LogP contribution in [0.15, 0.2) is 17.5 Å². The van der Waals surface area contributed by atoms with Gasteiger partial charge in [0.1, 0.15) is 0 Å². The normalized spacial score (nSPS) is 11.9. The molecule has 0 bridgehead atoms. The molecule has 0 saturated carbocycles. The molecule has 0 saturated heterocycles. The van der Waals surface area contributed by atoms with Crippen LogP contribution >= 0.6 is 11.3 Å². The summed E-state index contributed by atoms with van der Waals surface area (Å²) < 4.78 is 0. The van der Waals surface area contributed by atoms with Crippen molar-refractivity contribution in [2.75, 3.05) is 27.2 Å². The Morgan fingerprint density at radius 3 is 2.58 bits per heavy atom. The number of hydrogen-bond donors (Lipinski definition) is 1. The molecule has 1 heterocycles. The van der Waals surface area contributed by atoms with Crippen molar-refractivity contribution in [1.82, 2.24) is 9.80 Å². The van der Waals surface area contributed by atoms with E-state index in [4.69, 9.17) is 5.11 Å². The van der Waals surface area contributed by atoms with Crippen LogP contribution in [0.25, 0.3) is 0 Å². The monoisotopic (exact) mass is 284 g/mol. The Morgan fingerprint density at radius 2 is 2.05 bits per heavy atom. The average molecular weight is 284 g/mol. The van der Waals surface area contributed by atoms with Crippen LogP contribution in [-0.4, -0.2) is 54.1 Å². The first kappa shape index (κ1) is 15.5. The fourth-order valence-electron chi connectivity index (χ4n) is 1.69. The molecule has 0 aromatic carbocycles. The van der Waals surface area contributed by atoms with E-state index in [1.54, 1.807) is 37.3 Å². The summed E-state index contributed by atoms with van der Waals surface area (Å²) in [6, 6.07) is 3.88. The van der Waals surface area contributed by atoms with Gasteiger partial charge in [-0.15, -0.1) is 11.3 Å². The number of thiophene rings is 1. The van der Waals surface area contributed by atoms with E-state index >= 15 is 0 Å². The summed E-state index contributed by atoms with van der Waals surface area (Å²) in [5, 5.41) is 10.8. The van der Waals surface area contributed by atoms with Gasteiger partial charge in [-0.25, -0.2) is 4.79 Å². The molecule has 1 aromatic rings. The molecule has 0 radical (unpaired) electrons. The van der Waals surface area contributed by atoms with Crippen LogP contribution < -0.4 is 0 Å². The Kier molecular flexibility index (Phi) is 5.82. The zero-order valence-electron chi connectivity index (χ0n) is 11.5. The number of hydrogen-bond acceptors (Lipinski definition) is 3. The number of carbonyl (C=O) groups excluding carboxylic acids is 1. The molecular weight excluding hydrogens is 264 g/mol. The highest BCUT2D eigenvalue weighted by Crippen LogP contribution is 2.10. The van der Waals surface area contributed by atoms with Gasteiger partial charge >= 0.3 is 12.0 Å². The van der Waals surface area contributed by atoms with Gasteiger partial charge < -0.3 is 14.9 Å². The maximum Gasteiger partial charge on any atom is 0.319 e. The summed E-state index contributed by atoms with van der Waals surface area (Å²) in [5.74, 6) is -1.44. The SMILES string of the molecule is CC(CN(C)C(=O)N(C)CCc1cccs1)C(=O)O. The lowest BCUT2D eigenvalue weighted by atomic mass is 10.2. The first-order valence-electron chi connectivity index (χ1n) is 6.13. The molecule has 0 spiro atoms. The van der Waals surface area contributed by atoms with Gasteiger partial charge in [-0.3, -0.25) is 4.79 Å². The Morgan fingerprint density at radius 1 is 1.37 bits per heavy atom. The second-order valence-electron chi connectivity index (χ2n) is 4.65. The largest absolute Gasteiger partial charge is 0.481 e. The number of likely N-dealkylation sites (N-methyl/N-ethyl adjacent to an activating group) is 1. The van der Waals surface area contributed by atoms with Crippen molar-refractivity contribution in [3.8, 4) is 0 Å². The lowest BCUT2D eigenvalue weighted by molar-refractivity contribution is -0.141. The number of rotatable bonds is 6. The number of urea groups is 1. The van der Waals surface area contributed by atoms with E-state index in [9.17, 15) is 9.59 Å². The predicted molar refractivity (Wildman–Crippen MR) is 75.5 cm³/mol. The Hall–Kier alpha value is -1.56. The van der Waals surface area contributed by atoms with E-state index in [1.165, 1.54) is 9.78 Å². The molecule has 1 atom stereocenters. The highest BCUT2D eigenvalue weighted by atomic mass is 32.1. The van der Waals surface area contributed by atoms with Gasteiger partial charge in [-0.1, -0.05) is 13.0 Å². The van der Waals surface area contributed by atoms with Crippen molar-refractivity contribution in [3.05, 3.63) is 22.4 Å². The molecule has 6 heteroatoms. The maximum absolute atomic E-state index is 12.0. The minimum atomic E-state index is -0.888. The van der Waals surface area contributed by atoms with Crippen molar-refractivity contribution in [2.45, 2.75) is 13.3 Å². The predicted octanol–water partition coefficient (Wildman–Crippen LogP) is 1.99. The van der Waals surface area contributed by atoms with Gasteiger partial charge in [0.15, 0.2) is 0 Å². The zero-order chi connectivity index (χ0) is 14.4. The number of carboxylic acids is 1. The average Bonchev–Trinajstić information content (AvgIpc) is 2.87. The van der Waals surface area contributed by atoms with E-state index < -0.39 is 11.9 Å². The van der Waals surface area contributed by atoms with Crippen LogP contribution in [0.4, 0.5) is 4.79 Å². The van der Waals surface area contributed by atoms with Crippen LogP contribution in [0.1, 0.15) is 11.8 Å². The third-order valence-electron chi connectivity index (χ3n) is 2.90. The highest BCUT2D eigenvalue weighted by Gasteiger charge is 2.19. The van der Waals surface area contributed by atoms with Gasteiger partial charge in [0.05, 0.1) is 5.92 Å². The van der Waals surface area contributed by atoms with E-state index in [-0.39, 0.29) is 12.6 Å². The smallest absolute Gasteiger partial charge is 0.319 e. The molecule has 1 unspecified atom stereocenters. The van der Waals surface area contributed by atoms with Gasteiger partial charge in [-0.05, 0) is 17.9 Å². The molecule has 106 valence electrons. The molecule has 0 aliphatic carbocycles. The van der Waals surface area contributed by atoms with E-state index in [1.807, 2.05) is 17.5 Å². The van der Waals surface area contributed by atoms with Crippen molar-refractivity contribution in [1.29, 1.82) is 0 Å². The van der Waals surface area contributed by atoms with Crippen molar-refractivity contribution in [3.63, 3.8) is 0 Å². The van der Waals surface area contributed by atoms with Crippen molar-refractivity contribution in [2.24, 2.45) is 5.92 Å². The Bertz CT molecular complexity index is 420. The highest BCUT2D eigenvalue weighted by molar-refractivity contribution is 7.09. The fraction of sp³-hybridized carbons (Fsp3) is 0.538. The van der Waals surface area contributed by atoms with Crippen LogP contribution in [0.5, 0.6) is 0 Å². The third-order valence-corrected chi connectivity index (χ3v) is 3.83. The van der Waals surface area contributed by atoms with Gasteiger partial charge in [0.2, 0.25) is 0 Å². The van der Waals surface area contributed by atoms with Crippen molar-refractivity contribution < 1.29 is 14.7 Å². The summed E-state index contributed by atoms with van der Waals surface area (Å²) in [4.78, 5) is 27.1. The van der Waals surface area contributed by atoms with Crippen LogP contribution in [0.3, 0.4) is 0 Å². The molecule has 0 aliphatic heterocycles. The topological polar surface area (TPSA) is 60.9 Å². The Labute approximate surface area is 117 Å². The number of amides is 2. The lowest BCUT2D eigenvalue weighted by Crippen LogP contribution is -2.42. The van der Waals surface area contributed by atoms with Crippen LogP contribution in [0, 0.1) is 5.92 Å². The summed E-state index contributed by atoms with van der Waals surface area (Å²) >= 11 is 1.67. The summed E-state index contributed by atoms with van der Waals surface area (Å²) in [6.45, 7) is 2.44. The quantitative estimate of drug-likeness (QED) is 0.869. The summed E-state index contributed by atoms with van der Waals surface area (Å²) in [6.07, 6.45) is 0.822. The second kappa shape index (κ2) is 7.13. The molecule has 1 N–H and O–H groups in total.